The average molecular weight is 411 g/mol. The topological polar surface area (TPSA) is 118 Å². The highest BCUT2D eigenvalue weighted by Crippen LogP contribution is 2.35. The molecular weight excluding hydrogens is 386 g/mol. The maximum Gasteiger partial charge on any atom is 0.305 e. The summed E-state index contributed by atoms with van der Waals surface area (Å²) in [5, 5.41) is 17.8. The summed E-state index contributed by atoms with van der Waals surface area (Å²) in [6, 6.07) is 8.51. The first-order valence-electron chi connectivity index (χ1n) is 9.93. The molecule has 0 spiro atoms. The lowest BCUT2D eigenvalue weighted by Crippen LogP contribution is -2.55. The molecule has 1 aliphatic rings. The Balaban J connectivity index is 1.88. The van der Waals surface area contributed by atoms with Gasteiger partial charge >= 0.3 is 5.97 Å². The second-order valence-corrected chi connectivity index (χ2v) is 7.67. The molecule has 2 atom stereocenters. The van der Waals surface area contributed by atoms with E-state index in [1.807, 2.05) is 44.2 Å². The number of hydrogen-bond donors (Lipinski definition) is 2. The third-order valence-corrected chi connectivity index (χ3v) is 5.43. The highest BCUT2D eigenvalue weighted by atomic mass is 16.7. The summed E-state index contributed by atoms with van der Waals surface area (Å²) in [7, 11) is 0. The second-order valence-electron chi connectivity index (χ2n) is 7.67. The number of aliphatic carboxylic acids is 1. The molecule has 1 aromatic carbocycles. The lowest BCUT2D eigenvalue weighted by Gasteiger charge is -2.30. The lowest BCUT2D eigenvalue weighted by molar-refractivity contribution is -0.152. The fourth-order valence-corrected chi connectivity index (χ4v) is 3.57. The summed E-state index contributed by atoms with van der Waals surface area (Å²) in [5.74, 6) is -2.34. The van der Waals surface area contributed by atoms with Crippen molar-refractivity contribution in [3.05, 3.63) is 42.2 Å². The second kappa shape index (κ2) is 8.61. The molecule has 1 amide bonds. The molecular formula is C22H25N3O5. The van der Waals surface area contributed by atoms with Crippen molar-refractivity contribution in [2.75, 3.05) is 0 Å². The predicted octanol–water partition coefficient (Wildman–Crippen LogP) is 2.69. The van der Waals surface area contributed by atoms with Gasteiger partial charge in [0.05, 0.1) is 18.2 Å². The van der Waals surface area contributed by atoms with Crippen LogP contribution in [-0.4, -0.2) is 45.1 Å². The summed E-state index contributed by atoms with van der Waals surface area (Å²) < 4.78 is 0. The number of rotatable bonds is 8. The van der Waals surface area contributed by atoms with Crippen molar-refractivity contribution in [1.29, 1.82) is 0 Å². The maximum atomic E-state index is 13.2. The van der Waals surface area contributed by atoms with E-state index < -0.39 is 29.9 Å². The molecule has 0 aliphatic carbocycles. The fraction of sp³-hybridized carbons (Fsp3) is 0.409. The van der Waals surface area contributed by atoms with Gasteiger partial charge < -0.3 is 15.3 Å². The molecule has 30 heavy (non-hydrogen) atoms. The van der Waals surface area contributed by atoms with Gasteiger partial charge in [0, 0.05) is 30.3 Å². The van der Waals surface area contributed by atoms with Crippen molar-refractivity contribution in [1.82, 2.24) is 10.3 Å². The van der Waals surface area contributed by atoms with Gasteiger partial charge in [-0.05, 0) is 11.5 Å². The smallest absolute Gasteiger partial charge is 0.305 e. The molecule has 0 bridgehead atoms. The van der Waals surface area contributed by atoms with Gasteiger partial charge in [-0.1, -0.05) is 50.2 Å². The zero-order valence-corrected chi connectivity index (χ0v) is 17.2. The SMILES string of the molecule is CCC(=O)[C@H](CC(=O)O)NC(=O)[C@]1(C(C)C)CC(c2nccc3ccccc23)=NO1. The van der Waals surface area contributed by atoms with Crippen LogP contribution in [0.25, 0.3) is 10.8 Å². The molecule has 0 saturated heterocycles. The molecule has 158 valence electrons. The van der Waals surface area contributed by atoms with Crippen LogP contribution in [0.4, 0.5) is 0 Å². The number of ketones is 1. The Morgan fingerprint density at radius 1 is 1.23 bits per heavy atom. The standard InChI is InChI=1S/C22H25N3O5/c1-4-18(26)16(11-19(27)28)24-21(29)22(13(2)3)12-17(25-30-22)20-15-8-6-5-7-14(15)9-10-23-20/h5-10,13,16H,4,11-12H2,1-3H3,(H,24,29)(H,27,28)/t16-,22+/m0/s1. The van der Waals surface area contributed by atoms with Crippen LogP contribution in [-0.2, 0) is 19.2 Å². The minimum atomic E-state index is -1.35. The van der Waals surface area contributed by atoms with Gasteiger partial charge in [0.15, 0.2) is 5.78 Å². The summed E-state index contributed by atoms with van der Waals surface area (Å²) in [6.45, 7) is 5.27. The average Bonchev–Trinajstić information content (AvgIpc) is 3.18. The van der Waals surface area contributed by atoms with Crippen LogP contribution < -0.4 is 5.32 Å². The van der Waals surface area contributed by atoms with Crippen LogP contribution in [0, 0.1) is 5.92 Å². The van der Waals surface area contributed by atoms with Gasteiger partial charge in [-0.3, -0.25) is 19.4 Å². The zero-order valence-electron chi connectivity index (χ0n) is 17.2. The summed E-state index contributed by atoms with van der Waals surface area (Å²) in [5.41, 5.74) is -0.180. The normalized spacial score (nSPS) is 19.3. The molecule has 0 saturated carbocycles. The number of carbonyl (C=O) groups excluding carboxylic acids is 2. The van der Waals surface area contributed by atoms with E-state index in [-0.39, 0.29) is 24.5 Å². The largest absolute Gasteiger partial charge is 0.481 e. The quantitative estimate of drug-likeness (QED) is 0.690. The van der Waals surface area contributed by atoms with E-state index in [9.17, 15) is 14.4 Å². The molecule has 2 N–H and O–H groups in total. The Labute approximate surface area is 174 Å². The number of oxime groups is 1. The lowest BCUT2D eigenvalue weighted by atomic mass is 9.83. The van der Waals surface area contributed by atoms with E-state index in [1.165, 1.54) is 0 Å². The molecule has 0 fully saturated rings. The van der Waals surface area contributed by atoms with Crippen LogP contribution in [0.2, 0.25) is 0 Å². The number of carbonyl (C=O) groups is 3. The van der Waals surface area contributed by atoms with Crippen molar-refractivity contribution < 1.29 is 24.3 Å². The number of benzene rings is 1. The van der Waals surface area contributed by atoms with Crippen LogP contribution in [0.1, 0.15) is 45.7 Å². The first-order chi connectivity index (χ1) is 14.3. The van der Waals surface area contributed by atoms with Gasteiger partial charge in [-0.2, -0.15) is 0 Å². The monoisotopic (exact) mass is 411 g/mol. The summed E-state index contributed by atoms with van der Waals surface area (Å²) >= 11 is 0. The number of nitrogens with zero attached hydrogens (tertiary/aromatic N) is 2. The molecule has 0 unspecified atom stereocenters. The van der Waals surface area contributed by atoms with E-state index in [0.717, 1.165) is 10.8 Å². The number of carboxylic acid groups (broad SMARTS) is 1. The zero-order chi connectivity index (χ0) is 21.9. The Bertz CT molecular complexity index is 1010. The first kappa shape index (κ1) is 21.4. The molecule has 2 heterocycles. The third-order valence-electron chi connectivity index (χ3n) is 5.43. The Hall–Kier alpha value is -3.29. The Kier molecular flexibility index (Phi) is 6.14. The minimum Gasteiger partial charge on any atom is -0.481 e. The summed E-state index contributed by atoms with van der Waals surface area (Å²) in [4.78, 5) is 46.6. The van der Waals surface area contributed by atoms with E-state index in [4.69, 9.17) is 9.94 Å². The maximum absolute atomic E-state index is 13.2. The minimum absolute atomic E-state index is 0.120. The van der Waals surface area contributed by atoms with Gasteiger partial charge in [0.25, 0.3) is 5.91 Å². The first-order valence-corrected chi connectivity index (χ1v) is 9.93. The highest BCUT2D eigenvalue weighted by molar-refractivity contribution is 6.12. The number of hydrogen-bond acceptors (Lipinski definition) is 6. The Morgan fingerprint density at radius 3 is 2.63 bits per heavy atom. The molecule has 2 aromatic rings. The molecule has 1 aromatic heterocycles. The van der Waals surface area contributed by atoms with E-state index in [0.29, 0.717) is 11.4 Å². The number of nitrogens with one attached hydrogen (secondary N) is 1. The number of fused-ring (bicyclic) bond motifs is 1. The molecule has 8 heteroatoms. The summed E-state index contributed by atoms with van der Waals surface area (Å²) in [6.07, 6.45) is 1.48. The molecule has 8 nitrogen and oxygen atoms in total. The number of pyridine rings is 1. The van der Waals surface area contributed by atoms with Gasteiger partial charge in [-0.15, -0.1) is 0 Å². The van der Waals surface area contributed by atoms with Gasteiger partial charge in [0.1, 0.15) is 5.71 Å². The van der Waals surface area contributed by atoms with Crippen molar-refractivity contribution >= 4 is 34.1 Å². The Morgan fingerprint density at radius 2 is 1.97 bits per heavy atom. The van der Waals surface area contributed by atoms with Crippen LogP contribution in [0.3, 0.4) is 0 Å². The predicted molar refractivity (Wildman–Crippen MR) is 111 cm³/mol. The van der Waals surface area contributed by atoms with Crippen molar-refractivity contribution in [2.45, 2.75) is 51.7 Å². The van der Waals surface area contributed by atoms with Crippen LogP contribution >= 0.6 is 0 Å². The molecule has 3 rings (SSSR count). The van der Waals surface area contributed by atoms with Crippen molar-refractivity contribution in [3.8, 4) is 0 Å². The van der Waals surface area contributed by atoms with Crippen LogP contribution in [0.5, 0.6) is 0 Å². The van der Waals surface area contributed by atoms with Crippen molar-refractivity contribution in [2.24, 2.45) is 11.1 Å². The third kappa shape index (κ3) is 4.03. The van der Waals surface area contributed by atoms with Crippen LogP contribution in [0.15, 0.2) is 41.7 Å². The van der Waals surface area contributed by atoms with Gasteiger partial charge in [0.2, 0.25) is 5.60 Å². The number of Topliss-reactive ketones (excluding diaryl/α,β-unsaturated/α-hetero) is 1. The van der Waals surface area contributed by atoms with E-state index in [2.05, 4.69) is 15.5 Å². The fourth-order valence-electron chi connectivity index (χ4n) is 3.57. The van der Waals surface area contributed by atoms with E-state index in [1.54, 1.807) is 13.1 Å². The van der Waals surface area contributed by atoms with E-state index >= 15 is 0 Å². The molecule has 1 aliphatic heterocycles. The number of aromatic nitrogens is 1. The highest BCUT2D eigenvalue weighted by Gasteiger charge is 2.50. The number of amides is 1. The van der Waals surface area contributed by atoms with Crippen molar-refractivity contribution in [3.63, 3.8) is 0 Å². The number of carboxylic acids is 1. The van der Waals surface area contributed by atoms with Gasteiger partial charge in [-0.25, -0.2) is 0 Å². The molecule has 0 radical (unpaired) electrons.